The van der Waals surface area contributed by atoms with E-state index >= 15 is 0 Å². The summed E-state index contributed by atoms with van der Waals surface area (Å²) in [5.74, 6) is 0.219. The van der Waals surface area contributed by atoms with E-state index in [0.29, 0.717) is 16.2 Å². The summed E-state index contributed by atoms with van der Waals surface area (Å²) in [6, 6.07) is 14.6. The van der Waals surface area contributed by atoms with Gasteiger partial charge in [0.2, 0.25) is 4.77 Å². The minimum atomic E-state index is -0.378. The zero-order chi connectivity index (χ0) is 17.8. The molecule has 0 aliphatic heterocycles. The summed E-state index contributed by atoms with van der Waals surface area (Å²) in [5.41, 5.74) is 2.16. The van der Waals surface area contributed by atoms with Gasteiger partial charge < -0.3 is 4.74 Å². The Hall–Kier alpha value is -2.58. The lowest BCUT2D eigenvalue weighted by Gasteiger charge is -2.03. The Morgan fingerprint density at radius 2 is 2.00 bits per heavy atom. The van der Waals surface area contributed by atoms with Crippen LogP contribution in [0.15, 0.2) is 58.1 Å². The number of carbonyl (C=O) groups excluding carboxylic acids is 1. The molecule has 0 amide bonds. The maximum absolute atomic E-state index is 11.5. The summed E-state index contributed by atoms with van der Waals surface area (Å²) in [6.45, 7) is 0. The van der Waals surface area contributed by atoms with Gasteiger partial charge in [-0.15, -0.1) is 0 Å². The molecule has 126 valence electrons. The van der Waals surface area contributed by atoms with Crippen molar-refractivity contribution in [3.8, 4) is 11.4 Å². The predicted octanol–water partition coefficient (Wildman–Crippen LogP) is 4.04. The molecular formula is C17H13BrN4O2S. The minimum Gasteiger partial charge on any atom is -0.465 e. The van der Waals surface area contributed by atoms with Crippen molar-refractivity contribution in [2.24, 2.45) is 5.10 Å². The van der Waals surface area contributed by atoms with Gasteiger partial charge in [-0.1, -0.05) is 40.2 Å². The molecule has 0 spiro atoms. The summed E-state index contributed by atoms with van der Waals surface area (Å²) >= 11 is 8.76. The van der Waals surface area contributed by atoms with Crippen molar-refractivity contribution in [2.45, 2.75) is 0 Å². The molecular weight excluding hydrogens is 404 g/mol. The Balaban J connectivity index is 1.92. The maximum atomic E-state index is 11.5. The second-order valence-electron chi connectivity index (χ2n) is 5.00. The largest absolute Gasteiger partial charge is 0.465 e. The summed E-state index contributed by atoms with van der Waals surface area (Å²) in [7, 11) is 1.35. The third-order valence-electron chi connectivity index (χ3n) is 3.42. The lowest BCUT2D eigenvalue weighted by atomic mass is 10.1. The van der Waals surface area contributed by atoms with E-state index < -0.39 is 0 Å². The lowest BCUT2D eigenvalue weighted by molar-refractivity contribution is 0.0600. The number of hydrogen-bond donors (Lipinski definition) is 1. The van der Waals surface area contributed by atoms with E-state index in [1.807, 2.05) is 24.3 Å². The van der Waals surface area contributed by atoms with E-state index in [1.54, 1.807) is 35.2 Å². The van der Waals surface area contributed by atoms with Crippen LogP contribution in [0.2, 0.25) is 0 Å². The molecule has 0 unspecified atom stereocenters. The first kappa shape index (κ1) is 17.2. The standard InChI is InChI=1S/C17H13BrN4O2S/c1-24-16(23)12-8-6-11(7-9-12)10-19-22-15(20-21-17(22)25)13-4-2-3-5-14(13)18/h2-10H,1H3,(H,21,25)/b19-10+. The number of carbonyl (C=O) groups is 1. The molecule has 1 N–H and O–H groups in total. The quantitative estimate of drug-likeness (QED) is 0.395. The third kappa shape index (κ3) is 3.75. The van der Waals surface area contributed by atoms with Crippen molar-refractivity contribution in [1.82, 2.24) is 14.9 Å². The molecule has 0 aliphatic carbocycles. The molecule has 3 aromatic rings. The molecule has 1 aromatic heterocycles. The molecule has 1 heterocycles. The highest BCUT2D eigenvalue weighted by Gasteiger charge is 2.11. The van der Waals surface area contributed by atoms with Crippen molar-refractivity contribution >= 4 is 40.3 Å². The number of nitrogens with zero attached hydrogens (tertiary/aromatic N) is 3. The van der Waals surface area contributed by atoms with Crippen LogP contribution in [-0.2, 0) is 4.74 Å². The number of H-pyrrole nitrogens is 1. The van der Waals surface area contributed by atoms with Gasteiger partial charge in [0.25, 0.3) is 0 Å². The van der Waals surface area contributed by atoms with Crippen LogP contribution in [0, 0.1) is 4.77 Å². The number of methoxy groups -OCH3 is 1. The first-order valence-electron chi connectivity index (χ1n) is 7.25. The number of ether oxygens (including phenoxy) is 1. The Morgan fingerprint density at radius 1 is 1.28 bits per heavy atom. The summed E-state index contributed by atoms with van der Waals surface area (Å²) < 4.78 is 7.50. The van der Waals surface area contributed by atoms with Crippen molar-refractivity contribution < 1.29 is 9.53 Å². The molecule has 0 radical (unpaired) electrons. The maximum Gasteiger partial charge on any atom is 0.337 e. The Labute approximate surface area is 157 Å². The predicted molar refractivity (Wildman–Crippen MR) is 101 cm³/mol. The minimum absolute atomic E-state index is 0.378. The molecule has 0 saturated heterocycles. The monoisotopic (exact) mass is 416 g/mol. The van der Waals surface area contributed by atoms with Gasteiger partial charge in [0.1, 0.15) is 0 Å². The fourth-order valence-corrected chi connectivity index (χ4v) is 2.80. The van der Waals surface area contributed by atoms with Gasteiger partial charge in [-0.25, -0.2) is 9.89 Å². The molecule has 2 aromatic carbocycles. The number of nitrogens with one attached hydrogen (secondary N) is 1. The van der Waals surface area contributed by atoms with Crippen LogP contribution < -0.4 is 0 Å². The van der Waals surface area contributed by atoms with Crippen LogP contribution >= 0.6 is 28.1 Å². The van der Waals surface area contributed by atoms with Gasteiger partial charge in [0.15, 0.2) is 5.82 Å². The zero-order valence-corrected chi connectivity index (χ0v) is 15.5. The number of rotatable bonds is 4. The van der Waals surface area contributed by atoms with Gasteiger partial charge in [-0.05, 0) is 42.0 Å². The Kier molecular flexibility index (Phi) is 5.20. The van der Waals surface area contributed by atoms with E-state index in [-0.39, 0.29) is 5.97 Å². The number of hydrogen-bond acceptors (Lipinski definition) is 5. The number of aromatic nitrogens is 3. The number of benzene rings is 2. The lowest BCUT2D eigenvalue weighted by Crippen LogP contribution is -2.01. The van der Waals surface area contributed by atoms with Gasteiger partial charge >= 0.3 is 5.97 Å². The molecule has 0 saturated carbocycles. The van der Waals surface area contributed by atoms with Crippen LogP contribution in [0.1, 0.15) is 15.9 Å². The van der Waals surface area contributed by atoms with Crippen molar-refractivity contribution in [2.75, 3.05) is 7.11 Å². The van der Waals surface area contributed by atoms with Gasteiger partial charge in [0, 0.05) is 10.0 Å². The summed E-state index contributed by atoms with van der Waals surface area (Å²) in [4.78, 5) is 11.5. The number of halogens is 1. The molecule has 0 fully saturated rings. The van der Waals surface area contributed by atoms with Crippen LogP contribution in [0.25, 0.3) is 11.4 Å². The van der Waals surface area contributed by atoms with E-state index in [4.69, 9.17) is 12.2 Å². The molecule has 0 bridgehead atoms. The topological polar surface area (TPSA) is 72.3 Å². The molecule has 8 heteroatoms. The first-order chi connectivity index (χ1) is 12.1. The molecule has 0 aliphatic rings. The van der Waals surface area contributed by atoms with Crippen LogP contribution in [0.3, 0.4) is 0 Å². The smallest absolute Gasteiger partial charge is 0.337 e. The number of esters is 1. The third-order valence-corrected chi connectivity index (χ3v) is 4.37. The Bertz CT molecular complexity index is 992. The van der Waals surface area contributed by atoms with E-state index in [2.05, 4.69) is 36.0 Å². The van der Waals surface area contributed by atoms with E-state index in [0.717, 1.165) is 15.6 Å². The van der Waals surface area contributed by atoms with Crippen LogP contribution in [-0.4, -0.2) is 34.2 Å². The van der Waals surface area contributed by atoms with Crippen molar-refractivity contribution in [3.05, 3.63) is 68.9 Å². The number of aromatic amines is 1. The highest BCUT2D eigenvalue weighted by Crippen LogP contribution is 2.26. The van der Waals surface area contributed by atoms with E-state index in [1.165, 1.54) is 7.11 Å². The van der Waals surface area contributed by atoms with Gasteiger partial charge in [-0.2, -0.15) is 14.9 Å². The highest BCUT2D eigenvalue weighted by molar-refractivity contribution is 9.10. The molecule has 6 nitrogen and oxygen atoms in total. The fraction of sp³-hybridized carbons (Fsp3) is 0.0588. The molecule has 0 atom stereocenters. The van der Waals surface area contributed by atoms with Crippen LogP contribution in [0.5, 0.6) is 0 Å². The second kappa shape index (κ2) is 7.54. The average molecular weight is 417 g/mol. The normalized spacial score (nSPS) is 11.0. The Morgan fingerprint density at radius 3 is 2.68 bits per heavy atom. The molecule has 3 rings (SSSR count). The SMILES string of the molecule is COC(=O)c1ccc(/C=N/n2c(-c3ccccc3Br)n[nH]c2=S)cc1. The van der Waals surface area contributed by atoms with Crippen LogP contribution in [0.4, 0.5) is 0 Å². The second-order valence-corrected chi connectivity index (χ2v) is 6.24. The van der Waals surface area contributed by atoms with Gasteiger partial charge in [-0.3, -0.25) is 0 Å². The average Bonchev–Trinajstić information content (AvgIpc) is 3.00. The highest BCUT2D eigenvalue weighted by atomic mass is 79.9. The van der Waals surface area contributed by atoms with E-state index in [9.17, 15) is 4.79 Å². The first-order valence-corrected chi connectivity index (χ1v) is 8.45. The summed E-state index contributed by atoms with van der Waals surface area (Å²) in [5, 5.41) is 11.4. The summed E-state index contributed by atoms with van der Waals surface area (Å²) in [6.07, 6.45) is 1.65. The fourth-order valence-electron chi connectivity index (χ4n) is 2.16. The van der Waals surface area contributed by atoms with Crippen molar-refractivity contribution in [3.63, 3.8) is 0 Å². The van der Waals surface area contributed by atoms with Crippen molar-refractivity contribution in [1.29, 1.82) is 0 Å². The zero-order valence-electron chi connectivity index (χ0n) is 13.1. The molecule has 25 heavy (non-hydrogen) atoms. The van der Waals surface area contributed by atoms with Gasteiger partial charge in [0.05, 0.1) is 18.9 Å².